The van der Waals surface area contributed by atoms with Crippen LogP contribution in [0.3, 0.4) is 0 Å². The summed E-state index contributed by atoms with van der Waals surface area (Å²) in [6.07, 6.45) is 9.50. The van der Waals surface area contributed by atoms with Crippen molar-refractivity contribution in [3.63, 3.8) is 0 Å². The number of hydrogen-bond donors (Lipinski definition) is 1. The highest BCUT2D eigenvalue weighted by Crippen LogP contribution is 2.38. The van der Waals surface area contributed by atoms with Gasteiger partial charge in [-0.15, -0.1) is 0 Å². The minimum Gasteiger partial charge on any atom is -0.378 e. The summed E-state index contributed by atoms with van der Waals surface area (Å²) in [4.78, 5) is 24.6. The van der Waals surface area contributed by atoms with Gasteiger partial charge < -0.3 is 25.0 Å². The Hall–Kier alpha value is -3.05. The molecule has 0 radical (unpaired) electrons. The molecule has 0 unspecified atom stereocenters. The summed E-state index contributed by atoms with van der Waals surface area (Å²) in [5.74, 6) is 0.394. The summed E-state index contributed by atoms with van der Waals surface area (Å²) in [5.41, 5.74) is 10.9. The molecule has 0 aromatic carbocycles. The van der Waals surface area contributed by atoms with E-state index in [0.29, 0.717) is 12.6 Å². The molecule has 3 aromatic heterocycles. The number of rotatable bonds is 7. The molecule has 3 aliphatic heterocycles. The van der Waals surface area contributed by atoms with Crippen LogP contribution in [0, 0.1) is 5.92 Å². The Morgan fingerprint density at radius 3 is 2.51 bits per heavy atom. The predicted octanol–water partition coefficient (Wildman–Crippen LogP) is 2.51. The first-order valence-corrected chi connectivity index (χ1v) is 15.2. The number of piperazine rings is 1. The van der Waals surface area contributed by atoms with Crippen LogP contribution in [0.25, 0.3) is 16.8 Å². The second-order valence-electron chi connectivity index (χ2n) is 12.1. The molecule has 0 bridgehead atoms. The molecule has 1 aliphatic carbocycles. The minimum absolute atomic E-state index is 0.120. The number of anilines is 1. The van der Waals surface area contributed by atoms with Crippen LogP contribution in [0.4, 0.5) is 5.69 Å². The number of piperidine rings is 1. The molecule has 10 nitrogen and oxygen atoms in total. The molecule has 3 saturated heterocycles. The molecule has 1 saturated carbocycles. The Morgan fingerprint density at radius 1 is 1.10 bits per heavy atom. The van der Waals surface area contributed by atoms with Gasteiger partial charge in [0, 0.05) is 87.6 Å². The zero-order chi connectivity index (χ0) is 28.0. The number of nitrogens with two attached hydrogens (primary N) is 1. The molecule has 4 fully saturated rings. The van der Waals surface area contributed by atoms with Gasteiger partial charge in [0.15, 0.2) is 0 Å². The number of pyridine rings is 1. The van der Waals surface area contributed by atoms with Crippen molar-refractivity contribution in [1.82, 2.24) is 24.4 Å². The second kappa shape index (κ2) is 11.0. The van der Waals surface area contributed by atoms with Crippen LogP contribution in [0.5, 0.6) is 0 Å². The van der Waals surface area contributed by atoms with Gasteiger partial charge in [-0.1, -0.05) is 6.07 Å². The quantitative estimate of drug-likeness (QED) is 0.471. The van der Waals surface area contributed by atoms with Crippen molar-refractivity contribution in [3.05, 3.63) is 48.4 Å². The van der Waals surface area contributed by atoms with Crippen LogP contribution in [0.2, 0.25) is 0 Å². The molecule has 3 aromatic rings. The number of aromatic nitrogens is 3. The summed E-state index contributed by atoms with van der Waals surface area (Å²) in [6.45, 7) is 9.61. The fraction of sp³-hybridized carbons (Fsp3) is 0.581. The number of carbonyl (C=O) groups excluding carboxylic acids is 1. The smallest absolute Gasteiger partial charge is 0.225 e. The Morgan fingerprint density at radius 2 is 1.88 bits per heavy atom. The van der Waals surface area contributed by atoms with E-state index in [4.69, 9.17) is 20.2 Å². The van der Waals surface area contributed by atoms with Gasteiger partial charge in [-0.3, -0.25) is 14.7 Å². The van der Waals surface area contributed by atoms with Crippen molar-refractivity contribution in [2.45, 2.75) is 50.3 Å². The number of amides is 1. The van der Waals surface area contributed by atoms with E-state index in [1.165, 1.54) is 0 Å². The molecule has 218 valence electrons. The monoisotopic (exact) mass is 559 g/mol. The largest absolute Gasteiger partial charge is 0.378 e. The number of likely N-dealkylation sites (tertiary alicyclic amines) is 1. The summed E-state index contributed by atoms with van der Waals surface area (Å²) < 4.78 is 13.8. The maximum absolute atomic E-state index is 12.8. The van der Waals surface area contributed by atoms with Crippen LogP contribution in [0.15, 0.2) is 42.9 Å². The molecule has 41 heavy (non-hydrogen) atoms. The normalized spacial score (nSPS) is 25.2. The maximum Gasteiger partial charge on any atom is 0.225 e. The molecule has 10 heteroatoms. The molecule has 2 N–H and O–H groups in total. The first-order chi connectivity index (χ1) is 20.0. The van der Waals surface area contributed by atoms with Gasteiger partial charge >= 0.3 is 0 Å². The van der Waals surface area contributed by atoms with Gasteiger partial charge in [-0.05, 0) is 50.8 Å². The Labute approximate surface area is 241 Å². The van der Waals surface area contributed by atoms with E-state index >= 15 is 0 Å². The fourth-order valence-electron chi connectivity index (χ4n) is 7.01. The molecular weight excluding hydrogens is 518 g/mol. The Bertz CT molecular complexity index is 1370. The maximum atomic E-state index is 12.8. The zero-order valence-corrected chi connectivity index (χ0v) is 24.0. The summed E-state index contributed by atoms with van der Waals surface area (Å²) >= 11 is 0. The minimum atomic E-state index is -0.282. The number of carbonyl (C=O) groups is 1. The number of ether oxygens (including phenoxy) is 2. The van der Waals surface area contributed by atoms with Gasteiger partial charge in [0.2, 0.25) is 5.91 Å². The highest BCUT2D eigenvalue weighted by Gasteiger charge is 2.40. The second-order valence-corrected chi connectivity index (χ2v) is 12.1. The van der Waals surface area contributed by atoms with Crippen LogP contribution in [-0.2, 0) is 19.9 Å². The molecule has 6 heterocycles. The van der Waals surface area contributed by atoms with Gasteiger partial charge in [0.25, 0.3) is 0 Å². The van der Waals surface area contributed by atoms with Crippen LogP contribution in [-0.4, -0.2) is 101 Å². The van der Waals surface area contributed by atoms with Crippen LogP contribution in [0.1, 0.15) is 38.2 Å². The highest BCUT2D eigenvalue weighted by atomic mass is 16.5. The lowest BCUT2D eigenvalue weighted by molar-refractivity contribution is -0.139. The molecule has 4 aliphatic rings. The van der Waals surface area contributed by atoms with Gasteiger partial charge in [0.05, 0.1) is 41.8 Å². The fourth-order valence-corrected chi connectivity index (χ4v) is 7.01. The number of hydrogen-bond acceptors (Lipinski definition) is 8. The third-order valence-corrected chi connectivity index (χ3v) is 9.69. The van der Waals surface area contributed by atoms with Gasteiger partial charge in [0.1, 0.15) is 0 Å². The summed E-state index contributed by atoms with van der Waals surface area (Å²) in [6, 6.07) is 9.33. The third-order valence-electron chi connectivity index (χ3n) is 9.69. The molecule has 0 atom stereocenters. The topological polar surface area (TPSA) is 101 Å². The average molecular weight is 560 g/mol. The van der Waals surface area contributed by atoms with E-state index in [-0.39, 0.29) is 23.5 Å². The number of fused-ring (bicyclic) bond motifs is 1. The molecule has 7 rings (SSSR count). The molecular formula is C31H41N7O3. The lowest BCUT2D eigenvalue weighted by Crippen LogP contribution is -2.54. The predicted molar refractivity (Wildman–Crippen MR) is 157 cm³/mol. The zero-order valence-electron chi connectivity index (χ0n) is 24.0. The van der Waals surface area contributed by atoms with Crippen LogP contribution < -0.4 is 10.6 Å². The average Bonchev–Trinajstić information content (AvgIpc) is 3.40. The first kappa shape index (κ1) is 26.8. The van der Waals surface area contributed by atoms with E-state index in [2.05, 4.69) is 52.3 Å². The van der Waals surface area contributed by atoms with E-state index in [0.717, 1.165) is 106 Å². The first-order valence-electron chi connectivity index (χ1n) is 15.2. The Balaban J connectivity index is 1.06. The van der Waals surface area contributed by atoms with Crippen molar-refractivity contribution in [1.29, 1.82) is 0 Å². The van der Waals surface area contributed by atoms with Crippen molar-refractivity contribution in [2.75, 3.05) is 64.0 Å². The van der Waals surface area contributed by atoms with E-state index in [9.17, 15) is 4.79 Å². The van der Waals surface area contributed by atoms with Gasteiger partial charge in [-0.2, -0.15) is 5.10 Å². The summed E-state index contributed by atoms with van der Waals surface area (Å²) in [7, 11) is 0. The van der Waals surface area contributed by atoms with E-state index in [1.54, 1.807) is 0 Å². The van der Waals surface area contributed by atoms with Crippen molar-refractivity contribution in [2.24, 2.45) is 11.7 Å². The van der Waals surface area contributed by atoms with Crippen molar-refractivity contribution in [3.8, 4) is 11.3 Å². The third kappa shape index (κ3) is 5.01. The van der Waals surface area contributed by atoms with Crippen LogP contribution >= 0.6 is 0 Å². The van der Waals surface area contributed by atoms with E-state index < -0.39 is 0 Å². The van der Waals surface area contributed by atoms with Crippen molar-refractivity contribution < 1.29 is 14.3 Å². The summed E-state index contributed by atoms with van der Waals surface area (Å²) in [5, 5.41) is 4.59. The Kier molecular flexibility index (Phi) is 7.18. The van der Waals surface area contributed by atoms with Gasteiger partial charge in [-0.25, -0.2) is 4.52 Å². The lowest BCUT2D eigenvalue weighted by atomic mass is 9.80. The molecule has 0 spiro atoms. The van der Waals surface area contributed by atoms with E-state index in [1.807, 2.05) is 21.8 Å². The molecule has 1 amide bonds. The number of nitrogens with zero attached hydrogens (tertiary/aromatic N) is 6. The lowest BCUT2D eigenvalue weighted by Gasteiger charge is -2.46. The standard InChI is InChI=1S/C31H41N7O3/c1-2-41-31(6-9-35(10-7-31)26-20-40-21-26)24-3-4-27(33-18-24)23-17-29-28(5-8-34-38(29)19-23)36-11-13-37(14-12-36)30(39)22-15-25(32)16-22/h3-5,8,17-19,22,25-26H,2,6-7,9-16,20-21,32H2,1H3. The van der Waals surface area contributed by atoms with Crippen molar-refractivity contribution >= 4 is 17.1 Å². The highest BCUT2D eigenvalue weighted by molar-refractivity contribution is 5.81. The SMILES string of the molecule is CCOC1(c2ccc(-c3cc4c(N5CCN(C(=O)C6CC(N)C6)CC5)ccnn4c3)nc2)CCN(C2COC2)CC1.